The van der Waals surface area contributed by atoms with Gasteiger partial charge >= 0.3 is 0 Å². The summed E-state index contributed by atoms with van der Waals surface area (Å²) in [5.41, 5.74) is 5.38. The van der Waals surface area contributed by atoms with Gasteiger partial charge in [-0.15, -0.1) is 0 Å². The number of nitrogens with zero attached hydrogens (tertiary/aromatic N) is 1. The Morgan fingerprint density at radius 2 is 2.05 bits per heavy atom. The molecule has 2 rings (SSSR count). The SMILES string of the molecule is CC(N)(C(=O)N1CCCC(CNS(N)(=O)=O)C1)C1CC1. The van der Waals surface area contributed by atoms with Crippen molar-refractivity contribution in [2.24, 2.45) is 22.7 Å². The van der Waals surface area contributed by atoms with E-state index in [-0.39, 0.29) is 24.3 Å². The van der Waals surface area contributed by atoms with E-state index in [2.05, 4.69) is 4.72 Å². The van der Waals surface area contributed by atoms with Crippen molar-refractivity contribution in [3.8, 4) is 0 Å². The first-order valence-electron chi connectivity index (χ1n) is 7.06. The molecule has 1 saturated carbocycles. The van der Waals surface area contributed by atoms with Crippen LogP contribution >= 0.6 is 0 Å². The standard InChI is InChI=1S/C12H24N4O3S/c1-12(13,10-4-5-10)11(17)16-6-2-3-9(8-16)7-15-20(14,18)19/h9-10,15H,2-8,13H2,1H3,(H2,14,18,19). The highest BCUT2D eigenvalue weighted by atomic mass is 32.2. The summed E-state index contributed by atoms with van der Waals surface area (Å²) in [5, 5.41) is 4.92. The monoisotopic (exact) mass is 304 g/mol. The van der Waals surface area contributed by atoms with E-state index in [9.17, 15) is 13.2 Å². The molecule has 0 aromatic carbocycles. The van der Waals surface area contributed by atoms with Gasteiger partial charge in [-0.05, 0) is 44.4 Å². The van der Waals surface area contributed by atoms with Crippen molar-refractivity contribution in [1.29, 1.82) is 0 Å². The van der Waals surface area contributed by atoms with Crippen LogP contribution in [0.4, 0.5) is 0 Å². The van der Waals surface area contributed by atoms with Crippen LogP contribution in [0.3, 0.4) is 0 Å². The fraction of sp³-hybridized carbons (Fsp3) is 0.917. The van der Waals surface area contributed by atoms with Gasteiger partial charge in [-0.3, -0.25) is 4.79 Å². The van der Waals surface area contributed by atoms with Gasteiger partial charge < -0.3 is 10.6 Å². The zero-order valence-electron chi connectivity index (χ0n) is 11.8. The molecule has 0 bridgehead atoms. The number of hydrogen-bond acceptors (Lipinski definition) is 4. The lowest BCUT2D eigenvalue weighted by molar-refractivity contribution is -0.139. The second-order valence-electron chi connectivity index (χ2n) is 6.21. The summed E-state index contributed by atoms with van der Waals surface area (Å²) >= 11 is 0. The molecule has 1 heterocycles. The van der Waals surface area contributed by atoms with E-state index < -0.39 is 15.7 Å². The van der Waals surface area contributed by atoms with E-state index in [4.69, 9.17) is 10.9 Å². The van der Waals surface area contributed by atoms with Crippen LogP contribution in [0.2, 0.25) is 0 Å². The van der Waals surface area contributed by atoms with Crippen molar-refractivity contribution >= 4 is 16.1 Å². The van der Waals surface area contributed by atoms with Crippen LogP contribution in [0.25, 0.3) is 0 Å². The van der Waals surface area contributed by atoms with Crippen LogP contribution in [0, 0.1) is 11.8 Å². The Bertz CT molecular complexity index is 473. The molecule has 1 amide bonds. The number of hydrogen-bond donors (Lipinski definition) is 3. The topological polar surface area (TPSA) is 119 Å². The Morgan fingerprint density at radius 3 is 2.60 bits per heavy atom. The first kappa shape index (κ1) is 15.7. The minimum absolute atomic E-state index is 0.0136. The van der Waals surface area contributed by atoms with E-state index in [0.717, 1.165) is 25.7 Å². The van der Waals surface area contributed by atoms with Crippen molar-refractivity contribution in [3.05, 3.63) is 0 Å². The average molecular weight is 304 g/mol. The molecule has 0 aromatic heterocycles. The molecule has 0 radical (unpaired) electrons. The zero-order valence-corrected chi connectivity index (χ0v) is 12.7. The number of rotatable bonds is 5. The van der Waals surface area contributed by atoms with E-state index in [1.54, 1.807) is 11.8 Å². The van der Waals surface area contributed by atoms with Gasteiger partial charge in [0.2, 0.25) is 5.91 Å². The second-order valence-corrected chi connectivity index (χ2v) is 7.59. The van der Waals surface area contributed by atoms with Gasteiger partial charge in [-0.25, -0.2) is 9.86 Å². The molecule has 1 saturated heterocycles. The summed E-state index contributed by atoms with van der Waals surface area (Å²) in [6.07, 6.45) is 3.78. The maximum absolute atomic E-state index is 12.5. The summed E-state index contributed by atoms with van der Waals surface area (Å²) in [6, 6.07) is 0. The predicted molar refractivity (Wildman–Crippen MR) is 75.7 cm³/mol. The van der Waals surface area contributed by atoms with Crippen LogP contribution in [-0.2, 0) is 15.0 Å². The molecule has 116 valence electrons. The number of likely N-dealkylation sites (tertiary alicyclic amines) is 1. The molecule has 0 spiro atoms. The molecular formula is C12H24N4O3S. The first-order chi connectivity index (χ1) is 9.20. The molecule has 1 aliphatic carbocycles. The summed E-state index contributed by atoms with van der Waals surface area (Å²) in [4.78, 5) is 14.3. The van der Waals surface area contributed by atoms with Crippen molar-refractivity contribution in [1.82, 2.24) is 9.62 Å². The number of piperidine rings is 1. The fourth-order valence-electron chi connectivity index (χ4n) is 2.85. The van der Waals surface area contributed by atoms with Crippen LogP contribution < -0.4 is 15.6 Å². The van der Waals surface area contributed by atoms with E-state index in [0.29, 0.717) is 13.1 Å². The number of nitrogens with two attached hydrogens (primary N) is 2. The average Bonchev–Trinajstić information content (AvgIpc) is 3.19. The molecule has 2 unspecified atom stereocenters. The van der Waals surface area contributed by atoms with Crippen LogP contribution in [0.5, 0.6) is 0 Å². The number of carbonyl (C=O) groups excluding carboxylic acids is 1. The van der Waals surface area contributed by atoms with Crippen LogP contribution in [-0.4, -0.2) is 44.4 Å². The van der Waals surface area contributed by atoms with Gasteiger partial charge in [0.1, 0.15) is 0 Å². The van der Waals surface area contributed by atoms with Crippen molar-refractivity contribution in [2.75, 3.05) is 19.6 Å². The van der Waals surface area contributed by atoms with Gasteiger partial charge in [0.25, 0.3) is 10.2 Å². The maximum Gasteiger partial charge on any atom is 0.274 e. The largest absolute Gasteiger partial charge is 0.341 e. The van der Waals surface area contributed by atoms with Crippen molar-refractivity contribution < 1.29 is 13.2 Å². The molecule has 20 heavy (non-hydrogen) atoms. The maximum atomic E-state index is 12.5. The highest BCUT2D eigenvalue weighted by Gasteiger charge is 2.46. The molecule has 0 aromatic rings. The normalized spacial score (nSPS) is 27.1. The Hall–Kier alpha value is -0.700. The molecular weight excluding hydrogens is 280 g/mol. The lowest BCUT2D eigenvalue weighted by Gasteiger charge is -2.37. The van der Waals surface area contributed by atoms with E-state index in [1.807, 2.05) is 0 Å². The zero-order chi connectivity index (χ0) is 15.0. The smallest absolute Gasteiger partial charge is 0.274 e. The minimum atomic E-state index is -3.67. The minimum Gasteiger partial charge on any atom is -0.341 e. The molecule has 2 aliphatic rings. The third-order valence-electron chi connectivity index (χ3n) is 4.27. The molecule has 2 fully saturated rings. The number of nitrogens with one attached hydrogen (secondary N) is 1. The molecule has 2 atom stereocenters. The fourth-order valence-corrected chi connectivity index (χ4v) is 3.32. The van der Waals surface area contributed by atoms with Gasteiger partial charge in [0.05, 0.1) is 5.54 Å². The van der Waals surface area contributed by atoms with Crippen LogP contribution in [0.15, 0.2) is 0 Å². The summed E-state index contributed by atoms with van der Waals surface area (Å²) in [7, 11) is -3.67. The first-order valence-corrected chi connectivity index (χ1v) is 8.60. The second kappa shape index (κ2) is 5.59. The lowest BCUT2D eigenvalue weighted by atomic mass is 9.92. The highest BCUT2D eigenvalue weighted by Crippen LogP contribution is 2.39. The number of carbonyl (C=O) groups is 1. The summed E-state index contributed by atoms with van der Waals surface area (Å²) in [6.45, 7) is 3.32. The predicted octanol–water partition coefficient (Wildman–Crippen LogP) is -0.854. The summed E-state index contributed by atoms with van der Waals surface area (Å²) in [5.74, 6) is 0.374. The van der Waals surface area contributed by atoms with Gasteiger partial charge in [0.15, 0.2) is 0 Å². The van der Waals surface area contributed by atoms with E-state index in [1.165, 1.54) is 0 Å². The Kier molecular flexibility index (Phi) is 4.38. The van der Waals surface area contributed by atoms with Crippen LogP contribution in [0.1, 0.15) is 32.6 Å². The molecule has 7 nitrogen and oxygen atoms in total. The van der Waals surface area contributed by atoms with Gasteiger partial charge in [-0.1, -0.05) is 0 Å². The number of amides is 1. The quantitative estimate of drug-likeness (QED) is 0.612. The van der Waals surface area contributed by atoms with Crippen molar-refractivity contribution in [2.45, 2.75) is 38.1 Å². The third kappa shape index (κ3) is 3.91. The van der Waals surface area contributed by atoms with Gasteiger partial charge in [-0.2, -0.15) is 8.42 Å². The molecule has 5 N–H and O–H groups in total. The van der Waals surface area contributed by atoms with Gasteiger partial charge in [0, 0.05) is 19.6 Å². The lowest BCUT2D eigenvalue weighted by Crippen LogP contribution is -2.57. The molecule has 8 heteroatoms. The Morgan fingerprint density at radius 1 is 1.40 bits per heavy atom. The Balaban J connectivity index is 1.91. The summed E-state index contributed by atoms with van der Waals surface area (Å²) < 4.78 is 24.1. The van der Waals surface area contributed by atoms with Crippen molar-refractivity contribution in [3.63, 3.8) is 0 Å². The Labute approximate surface area is 120 Å². The highest BCUT2D eigenvalue weighted by molar-refractivity contribution is 7.87. The third-order valence-corrected chi connectivity index (χ3v) is 4.83. The van der Waals surface area contributed by atoms with E-state index >= 15 is 0 Å². The molecule has 1 aliphatic heterocycles.